The normalized spacial score (nSPS) is 12.7. The molecular weight excluding hydrogens is 290 g/mol. The lowest BCUT2D eigenvalue weighted by molar-refractivity contribution is -0.115. The molecule has 0 fully saturated rings. The standard InChI is InChI=1S/C15H13N3O2.C3H8/c1-10-6-11(8-16-7-10)15(20)18-9-14(19)17-12-4-2-3-5-13(12)18;1-3-2/h2-8H,9H2,1H3,(H,17,19);3H2,1-2H3. The zero-order valence-corrected chi connectivity index (χ0v) is 13.7. The molecule has 0 spiro atoms. The highest BCUT2D eigenvalue weighted by Crippen LogP contribution is 2.29. The van der Waals surface area contributed by atoms with Crippen molar-refractivity contribution in [3.8, 4) is 0 Å². The summed E-state index contributed by atoms with van der Waals surface area (Å²) in [5.41, 5.74) is 2.75. The summed E-state index contributed by atoms with van der Waals surface area (Å²) < 4.78 is 0. The van der Waals surface area contributed by atoms with Gasteiger partial charge in [-0.3, -0.25) is 19.5 Å². The van der Waals surface area contributed by atoms with Crippen LogP contribution in [0.5, 0.6) is 0 Å². The third-order valence-corrected chi connectivity index (χ3v) is 3.14. The van der Waals surface area contributed by atoms with E-state index in [4.69, 9.17) is 0 Å². The van der Waals surface area contributed by atoms with E-state index in [1.54, 1.807) is 18.3 Å². The first kappa shape index (κ1) is 16.7. The van der Waals surface area contributed by atoms with Gasteiger partial charge in [0.1, 0.15) is 6.54 Å². The second-order valence-electron chi connectivity index (χ2n) is 5.41. The Kier molecular flexibility index (Phi) is 5.46. The lowest BCUT2D eigenvalue weighted by atomic mass is 10.1. The Labute approximate surface area is 136 Å². The number of rotatable bonds is 1. The Hall–Kier alpha value is -2.69. The van der Waals surface area contributed by atoms with Crippen LogP contribution >= 0.6 is 0 Å². The Morgan fingerprint density at radius 1 is 1.26 bits per heavy atom. The molecule has 1 N–H and O–H groups in total. The lowest BCUT2D eigenvalue weighted by Crippen LogP contribution is -2.42. The van der Waals surface area contributed by atoms with Crippen molar-refractivity contribution in [3.63, 3.8) is 0 Å². The first-order chi connectivity index (χ1) is 11.1. The van der Waals surface area contributed by atoms with Crippen LogP contribution in [0, 0.1) is 6.92 Å². The summed E-state index contributed by atoms with van der Waals surface area (Å²) in [6, 6.07) is 9.02. The zero-order chi connectivity index (χ0) is 16.8. The van der Waals surface area contributed by atoms with Gasteiger partial charge in [-0.05, 0) is 30.7 Å². The fourth-order valence-electron chi connectivity index (χ4n) is 2.24. The summed E-state index contributed by atoms with van der Waals surface area (Å²) in [4.78, 5) is 29.8. The van der Waals surface area contributed by atoms with Crippen molar-refractivity contribution in [1.82, 2.24) is 4.98 Å². The molecule has 1 aromatic heterocycles. The third kappa shape index (κ3) is 3.94. The topological polar surface area (TPSA) is 62.3 Å². The molecule has 23 heavy (non-hydrogen) atoms. The Morgan fingerprint density at radius 2 is 1.96 bits per heavy atom. The van der Waals surface area contributed by atoms with E-state index >= 15 is 0 Å². The maximum absolute atomic E-state index is 12.6. The number of nitrogens with one attached hydrogen (secondary N) is 1. The number of carbonyl (C=O) groups is 2. The highest BCUT2D eigenvalue weighted by atomic mass is 16.2. The summed E-state index contributed by atoms with van der Waals surface area (Å²) in [6.07, 6.45) is 4.46. The number of pyridine rings is 1. The van der Waals surface area contributed by atoms with Crippen LogP contribution in [-0.4, -0.2) is 23.3 Å². The Morgan fingerprint density at radius 3 is 2.65 bits per heavy atom. The van der Waals surface area contributed by atoms with E-state index in [1.165, 1.54) is 17.5 Å². The minimum atomic E-state index is -0.219. The molecule has 0 atom stereocenters. The van der Waals surface area contributed by atoms with Crippen molar-refractivity contribution in [2.75, 3.05) is 16.8 Å². The average Bonchev–Trinajstić information content (AvgIpc) is 2.54. The largest absolute Gasteiger partial charge is 0.323 e. The molecule has 0 unspecified atom stereocenters. The first-order valence-electron chi connectivity index (χ1n) is 7.69. The van der Waals surface area contributed by atoms with Crippen molar-refractivity contribution < 1.29 is 9.59 Å². The molecule has 3 rings (SSSR count). The fourth-order valence-corrected chi connectivity index (χ4v) is 2.24. The smallest absolute Gasteiger partial charge is 0.260 e. The van der Waals surface area contributed by atoms with Gasteiger partial charge in [-0.1, -0.05) is 32.4 Å². The number of benzene rings is 1. The average molecular weight is 311 g/mol. The predicted octanol–water partition coefficient (Wildman–Crippen LogP) is 3.41. The van der Waals surface area contributed by atoms with Crippen LogP contribution in [0.4, 0.5) is 11.4 Å². The fraction of sp³-hybridized carbons (Fsp3) is 0.278. The summed E-state index contributed by atoms with van der Waals surface area (Å²) in [7, 11) is 0. The van der Waals surface area contributed by atoms with Crippen molar-refractivity contribution >= 4 is 23.2 Å². The van der Waals surface area contributed by atoms with Crippen molar-refractivity contribution in [1.29, 1.82) is 0 Å². The molecule has 0 saturated carbocycles. The van der Waals surface area contributed by atoms with E-state index in [0.29, 0.717) is 16.9 Å². The number of fused-ring (bicyclic) bond motifs is 1. The molecular formula is C18H21N3O2. The van der Waals surface area contributed by atoms with Gasteiger partial charge in [0.15, 0.2) is 0 Å². The molecule has 1 aliphatic heterocycles. The molecule has 0 saturated heterocycles. The second-order valence-corrected chi connectivity index (χ2v) is 5.41. The van der Waals surface area contributed by atoms with Gasteiger partial charge in [-0.2, -0.15) is 0 Å². The van der Waals surface area contributed by atoms with Crippen LogP contribution in [0.2, 0.25) is 0 Å². The monoisotopic (exact) mass is 311 g/mol. The van der Waals surface area contributed by atoms with Gasteiger partial charge in [0, 0.05) is 12.4 Å². The summed E-state index contributed by atoms with van der Waals surface area (Å²) >= 11 is 0. The van der Waals surface area contributed by atoms with Crippen LogP contribution in [0.1, 0.15) is 36.2 Å². The van der Waals surface area contributed by atoms with E-state index in [9.17, 15) is 9.59 Å². The second kappa shape index (κ2) is 7.54. The van der Waals surface area contributed by atoms with Gasteiger partial charge < -0.3 is 5.32 Å². The van der Waals surface area contributed by atoms with E-state index in [1.807, 2.05) is 25.1 Å². The number of nitrogens with zero attached hydrogens (tertiary/aromatic N) is 2. The number of aryl methyl sites for hydroxylation is 1. The van der Waals surface area contributed by atoms with E-state index in [2.05, 4.69) is 24.1 Å². The van der Waals surface area contributed by atoms with Crippen LogP contribution in [0.25, 0.3) is 0 Å². The van der Waals surface area contributed by atoms with Gasteiger partial charge in [0.2, 0.25) is 5.91 Å². The van der Waals surface area contributed by atoms with E-state index in [-0.39, 0.29) is 18.4 Å². The number of amides is 2. The van der Waals surface area contributed by atoms with Crippen LogP contribution in [-0.2, 0) is 4.79 Å². The molecule has 0 bridgehead atoms. The van der Waals surface area contributed by atoms with Gasteiger partial charge >= 0.3 is 0 Å². The molecule has 5 nitrogen and oxygen atoms in total. The number of hydrogen-bond acceptors (Lipinski definition) is 3. The predicted molar refractivity (Wildman–Crippen MR) is 91.7 cm³/mol. The lowest BCUT2D eigenvalue weighted by Gasteiger charge is -2.29. The molecule has 1 aromatic carbocycles. The van der Waals surface area contributed by atoms with Gasteiger partial charge in [0.05, 0.1) is 16.9 Å². The SMILES string of the molecule is CCC.Cc1cncc(C(=O)N2CC(=O)Nc3ccccc32)c1. The quantitative estimate of drug-likeness (QED) is 0.878. The highest BCUT2D eigenvalue weighted by Gasteiger charge is 2.27. The maximum atomic E-state index is 12.6. The van der Waals surface area contributed by atoms with Crippen molar-refractivity contribution in [2.45, 2.75) is 27.2 Å². The molecule has 2 heterocycles. The summed E-state index contributed by atoms with van der Waals surface area (Å²) in [5, 5.41) is 2.76. The molecule has 1 aliphatic rings. The maximum Gasteiger partial charge on any atom is 0.260 e. The third-order valence-electron chi connectivity index (χ3n) is 3.14. The Balaban J connectivity index is 0.000000595. The zero-order valence-electron chi connectivity index (χ0n) is 13.7. The molecule has 2 aromatic rings. The number of hydrogen-bond donors (Lipinski definition) is 1. The van der Waals surface area contributed by atoms with Gasteiger partial charge in [-0.15, -0.1) is 0 Å². The van der Waals surface area contributed by atoms with Gasteiger partial charge in [-0.25, -0.2) is 0 Å². The van der Waals surface area contributed by atoms with Crippen molar-refractivity contribution in [2.24, 2.45) is 0 Å². The number of anilines is 2. The molecule has 0 aliphatic carbocycles. The van der Waals surface area contributed by atoms with Crippen molar-refractivity contribution in [3.05, 3.63) is 53.9 Å². The molecule has 120 valence electrons. The van der Waals surface area contributed by atoms with Crippen LogP contribution in [0.3, 0.4) is 0 Å². The van der Waals surface area contributed by atoms with Crippen LogP contribution < -0.4 is 10.2 Å². The minimum Gasteiger partial charge on any atom is -0.323 e. The highest BCUT2D eigenvalue weighted by molar-refractivity contribution is 6.15. The van der Waals surface area contributed by atoms with E-state index in [0.717, 1.165) is 5.56 Å². The molecule has 2 amide bonds. The summed E-state index contributed by atoms with van der Waals surface area (Å²) in [5.74, 6) is -0.416. The molecule has 0 radical (unpaired) electrons. The number of aromatic nitrogens is 1. The van der Waals surface area contributed by atoms with E-state index < -0.39 is 0 Å². The minimum absolute atomic E-state index is 0.0176. The first-order valence-corrected chi connectivity index (χ1v) is 7.69. The molecule has 5 heteroatoms. The van der Waals surface area contributed by atoms with Crippen LogP contribution in [0.15, 0.2) is 42.7 Å². The number of para-hydroxylation sites is 2. The van der Waals surface area contributed by atoms with Gasteiger partial charge in [0.25, 0.3) is 5.91 Å². The number of carbonyl (C=O) groups excluding carboxylic acids is 2. The Bertz CT molecular complexity index is 713. The summed E-state index contributed by atoms with van der Waals surface area (Å²) in [6.45, 7) is 6.14.